The molecular formula is C27H34N2O6. The van der Waals surface area contributed by atoms with Crippen molar-refractivity contribution in [2.24, 2.45) is 17.8 Å². The van der Waals surface area contributed by atoms with Gasteiger partial charge < -0.3 is 14.9 Å². The van der Waals surface area contributed by atoms with E-state index in [1.165, 1.54) is 0 Å². The Bertz CT molecular complexity index is 986. The van der Waals surface area contributed by atoms with Gasteiger partial charge >= 0.3 is 5.97 Å². The van der Waals surface area contributed by atoms with Crippen LogP contribution >= 0.6 is 0 Å². The summed E-state index contributed by atoms with van der Waals surface area (Å²) in [6.07, 6.45) is 4.06. The van der Waals surface area contributed by atoms with E-state index >= 15 is 0 Å². The molecule has 8 nitrogen and oxygen atoms in total. The smallest absolute Gasteiger partial charge is 0.329 e. The topological polar surface area (TPSA) is 108 Å². The Hall–Kier alpha value is -3.42. The Morgan fingerprint density at radius 1 is 0.971 bits per heavy atom. The number of benzene rings is 2. The number of hydrogen-bond acceptors (Lipinski definition) is 6. The zero-order valence-electron chi connectivity index (χ0n) is 20.4. The van der Waals surface area contributed by atoms with Gasteiger partial charge in [-0.2, -0.15) is 0 Å². The van der Waals surface area contributed by atoms with Gasteiger partial charge in [0.15, 0.2) is 0 Å². The van der Waals surface area contributed by atoms with Crippen LogP contribution in [-0.4, -0.2) is 23.0 Å². The second-order valence-electron chi connectivity index (χ2n) is 9.53. The molecule has 2 aromatic rings. The first-order valence-corrected chi connectivity index (χ1v) is 12.2. The SMILES string of the molecule is CC(C)C1CCC(C(=O)N[C@H](Cc2ccccc2)C(=O)OCc2cccc(CO[N+](=O)[O-])c2)CC1. The summed E-state index contributed by atoms with van der Waals surface area (Å²) >= 11 is 0. The van der Waals surface area contributed by atoms with E-state index in [1.54, 1.807) is 24.3 Å². The molecule has 1 aliphatic rings. The normalized spacial score (nSPS) is 18.5. The summed E-state index contributed by atoms with van der Waals surface area (Å²) < 4.78 is 5.55. The average molecular weight is 483 g/mol. The van der Waals surface area contributed by atoms with Gasteiger partial charge in [0, 0.05) is 12.3 Å². The van der Waals surface area contributed by atoms with E-state index in [1.807, 2.05) is 30.3 Å². The van der Waals surface area contributed by atoms with Crippen LogP contribution in [0.15, 0.2) is 54.6 Å². The van der Waals surface area contributed by atoms with Crippen LogP contribution in [0.25, 0.3) is 0 Å². The van der Waals surface area contributed by atoms with Crippen molar-refractivity contribution in [2.75, 3.05) is 0 Å². The van der Waals surface area contributed by atoms with Crippen molar-refractivity contribution < 1.29 is 24.3 Å². The van der Waals surface area contributed by atoms with E-state index < -0.39 is 17.1 Å². The van der Waals surface area contributed by atoms with Crippen LogP contribution in [0.4, 0.5) is 0 Å². The molecule has 1 fully saturated rings. The fourth-order valence-electron chi connectivity index (χ4n) is 4.57. The van der Waals surface area contributed by atoms with E-state index in [0.717, 1.165) is 31.2 Å². The molecule has 35 heavy (non-hydrogen) atoms. The Kier molecular flexibility index (Phi) is 9.64. The first-order valence-electron chi connectivity index (χ1n) is 12.2. The zero-order valence-corrected chi connectivity index (χ0v) is 20.4. The number of ether oxygens (including phenoxy) is 1. The van der Waals surface area contributed by atoms with Crippen LogP contribution in [0.1, 0.15) is 56.2 Å². The minimum atomic E-state index is -0.848. The maximum atomic E-state index is 13.0. The highest BCUT2D eigenvalue weighted by Crippen LogP contribution is 2.33. The van der Waals surface area contributed by atoms with Gasteiger partial charge in [-0.1, -0.05) is 68.4 Å². The number of hydrogen-bond donors (Lipinski definition) is 1. The highest BCUT2D eigenvalue weighted by molar-refractivity contribution is 5.86. The number of esters is 1. The molecule has 1 N–H and O–H groups in total. The molecule has 1 saturated carbocycles. The maximum Gasteiger partial charge on any atom is 0.329 e. The molecule has 0 unspecified atom stereocenters. The van der Waals surface area contributed by atoms with Gasteiger partial charge in [0.05, 0.1) is 0 Å². The quantitative estimate of drug-likeness (QED) is 0.284. The van der Waals surface area contributed by atoms with Crippen LogP contribution in [0, 0.1) is 27.9 Å². The lowest BCUT2D eigenvalue weighted by Gasteiger charge is -2.31. The van der Waals surface area contributed by atoms with E-state index in [2.05, 4.69) is 24.0 Å². The van der Waals surface area contributed by atoms with Crippen LogP contribution in [0.5, 0.6) is 0 Å². The van der Waals surface area contributed by atoms with Crippen LogP contribution in [0.2, 0.25) is 0 Å². The lowest BCUT2D eigenvalue weighted by molar-refractivity contribution is -0.763. The Morgan fingerprint density at radius 3 is 2.23 bits per heavy atom. The summed E-state index contributed by atoms with van der Waals surface area (Å²) in [4.78, 5) is 40.9. The molecule has 0 spiro atoms. The van der Waals surface area contributed by atoms with Crippen LogP contribution < -0.4 is 5.32 Å². The third-order valence-electron chi connectivity index (χ3n) is 6.68. The van der Waals surface area contributed by atoms with Gasteiger partial charge in [-0.25, -0.2) is 4.79 Å². The molecule has 2 aromatic carbocycles. The summed E-state index contributed by atoms with van der Waals surface area (Å²) in [5.74, 6) is 0.573. The average Bonchev–Trinajstić information content (AvgIpc) is 2.86. The number of carbonyl (C=O) groups excluding carboxylic acids is 2. The Labute approximate surface area is 206 Å². The molecular weight excluding hydrogens is 448 g/mol. The largest absolute Gasteiger partial charge is 0.459 e. The van der Waals surface area contributed by atoms with E-state index in [-0.39, 0.29) is 25.0 Å². The lowest BCUT2D eigenvalue weighted by atomic mass is 9.76. The highest BCUT2D eigenvalue weighted by Gasteiger charge is 2.31. The Morgan fingerprint density at radius 2 is 1.60 bits per heavy atom. The van der Waals surface area contributed by atoms with Crippen molar-refractivity contribution in [1.82, 2.24) is 5.32 Å². The van der Waals surface area contributed by atoms with Crippen LogP contribution in [0.3, 0.4) is 0 Å². The second kappa shape index (κ2) is 12.9. The maximum absolute atomic E-state index is 13.0. The summed E-state index contributed by atoms with van der Waals surface area (Å²) in [7, 11) is 0. The molecule has 1 aliphatic carbocycles. The molecule has 0 saturated heterocycles. The molecule has 0 aliphatic heterocycles. The molecule has 0 heterocycles. The van der Waals surface area contributed by atoms with Crippen molar-refractivity contribution >= 4 is 11.9 Å². The van der Waals surface area contributed by atoms with Crippen molar-refractivity contribution in [1.29, 1.82) is 0 Å². The molecule has 1 amide bonds. The third-order valence-corrected chi connectivity index (χ3v) is 6.68. The van der Waals surface area contributed by atoms with Gasteiger partial charge in [-0.05, 0) is 54.2 Å². The van der Waals surface area contributed by atoms with Gasteiger partial charge in [0.2, 0.25) is 5.91 Å². The predicted molar refractivity (Wildman–Crippen MR) is 130 cm³/mol. The summed E-state index contributed by atoms with van der Waals surface area (Å²) in [6, 6.07) is 15.6. The van der Waals surface area contributed by atoms with Gasteiger partial charge in [0.25, 0.3) is 5.09 Å². The second-order valence-corrected chi connectivity index (χ2v) is 9.53. The minimum absolute atomic E-state index is 0.00814. The van der Waals surface area contributed by atoms with Gasteiger partial charge in [0.1, 0.15) is 19.3 Å². The zero-order chi connectivity index (χ0) is 25.2. The summed E-state index contributed by atoms with van der Waals surface area (Å²) in [6.45, 7) is 4.26. The van der Waals surface area contributed by atoms with E-state index in [4.69, 9.17) is 4.74 Å². The Balaban J connectivity index is 1.62. The molecule has 0 aromatic heterocycles. The number of nitrogens with one attached hydrogen (secondary N) is 1. The number of carbonyl (C=O) groups is 2. The highest BCUT2D eigenvalue weighted by atomic mass is 16.9. The third kappa shape index (κ3) is 8.38. The van der Waals surface area contributed by atoms with Crippen molar-refractivity contribution in [2.45, 2.75) is 65.2 Å². The summed E-state index contributed by atoms with van der Waals surface area (Å²) in [5.41, 5.74) is 2.21. The first kappa shape index (κ1) is 26.2. The van der Waals surface area contributed by atoms with E-state index in [9.17, 15) is 19.7 Å². The summed E-state index contributed by atoms with van der Waals surface area (Å²) in [5, 5.41) is 12.5. The monoisotopic (exact) mass is 482 g/mol. The molecule has 8 heteroatoms. The fraction of sp³-hybridized carbons (Fsp3) is 0.481. The minimum Gasteiger partial charge on any atom is -0.459 e. The molecule has 0 bridgehead atoms. The number of nitrogens with zero attached hydrogens (tertiary/aromatic N) is 1. The van der Waals surface area contributed by atoms with Gasteiger partial charge in [-0.15, -0.1) is 10.1 Å². The fourth-order valence-corrected chi connectivity index (χ4v) is 4.57. The van der Waals surface area contributed by atoms with Crippen molar-refractivity contribution in [3.8, 4) is 0 Å². The lowest BCUT2D eigenvalue weighted by Crippen LogP contribution is -2.46. The molecule has 0 radical (unpaired) electrons. The molecule has 3 rings (SSSR count). The van der Waals surface area contributed by atoms with E-state index in [0.29, 0.717) is 29.4 Å². The molecule has 188 valence electrons. The standard InChI is InChI=1S/C27H34N2O6/c1-19(2)23-11-13-24(14-12-23)26(30)28-25(16-20-7-4-3-5-8-20)27(31)34-17-21-9-6-10-22(15-21)18-35-29(32)33/h3-10,15,19,23-25H,11-14,16-18H2,1-2H3,(H,28,30)/t23?,24?,25-/m1/s1. The predicted octanol–water partition coefficient (Wildman–Crippen LogP) is 4.63. The number of amides is 1. The first-order chi connectivity index (χ1) is 16.8. The van der Waals surface area contributed by atoms with Crippen molar-refractivity contribution in [3.63, 3.8) is 0 Å². The molecule has 1 atom stereocenters. The van der Waals surface area contributed by atoms with Crippen LogP contribution in [-0.2, 0) is 38.8 Å². The number of rotatable bonds is 11. The van der Waals surface area contributed by atoms with Crippen molar-refractivity contribution in [3.05, 3.63) is 81.4 Å². The van der Waals surface area contributed by atoms with Gasteiger partial charge in [-0.3, -0.25) is 4.79 Å².